The Balaban J connectivity index is 1.91. The van der Waals surface area contributed by atoms with E-state index in [1.807, 2.05) is 30.4 Å². The minimum Gasteiger partial charge on any atom is -0.481 e. The van der Waals surface area contributed by atoms with Crippen molar-refractivity contribution in [3.63, 3.8) is 0 Å². The summed E-state index contributed by atoms with van der Waals surface area (Å²) in [4.78, 5) is 22.2. The van der Waals surface area contributed by atoms with Crippen LogP contribution in [-0.4, -0.2) is 47.6 Å². The van der Waals surface area contributed by atoms with E-state index < -0.39 is 12.1 Å². The summed E-state index contributed by atoms with van der Waals surface area (Å²) in [5.74, 6) is -1.02. The highest BCUT2D eigenvalue weighted by Crippen LogP contribution is 2.40. The number of hydrogen-bond donors (Lipinski definition) is 2. The highest BCUT2D eigenvalue weighted by Gasteiger charge is 2.43. The predicted molar refractivity (Wildman–Crippen MR) is 123 cm³/mol. The average Bonchev–Trinajstić information content (AvgIpc) is 3.04. The number of aliphatic hydroxyl groups excluding tert-OH is 1. The van der Waals surface area contributed by atoms with Gasteiger partial charge in [0, 0.05) is 32.8 Å². The third kappa shape index (κ3) is 9.13. The molecule has 0 spiro atoms. The Labute approximate surface area is 191 Å². The fourth-order valence-corrected chi connectivity index (χ4v) is 4.70. The number of aliphatic carboxylic acids is 1. The van der Waals surface area contributed by atoms with E-state index in [-0.39, 0.29) is 36.4 Å². The van der Waals surface area contributed by atoms with Gasteiger partial charge in [0.05, 0.1) is 12.2 Å². The number of hydrogen-bond acceptors (Lipinski definition) is 5. The molecular weight excluding hydrogens is 408 g/mol. The Morgan fingerprint density at radius 1 is 1.16 bits per heavy atom. The molecule has 32 heavy (non-hydrogen) atoms. The molecule has 1 aromatic carbocycles. The van der Waals surface area contributed by atoms with Crippen molar-refractivity contribution in [2.75, 3.05) is 7.11 Å². The molecule has 0 saturated heterocycles. The number of aliphatic hydroxyl groups is 1. The summed E-state index contributed by atoms with van der Waals surface area (Å²) in [6.07, 6.45) is 9.51. The third-order valence-corrected chi connectivity index (χ3v) is 6.40. The van der Waals surface area contributed by atoms with Gasteiger partial charge in [-0.2, -0.15) is 0 Å². The lowest BCUT2D eigenvalue weighted by Crippen LogP contribution is -2.26. The maximum absolute atomic E-state index is 11.6. The molecule has 0 bridgehead atoms. The summed E-state index contributed by atoms with van der Waals surface area (Å²) in [5.41, 5.74) is 1.29. The van der Waals surface area contributed by atoms with Gasteiger partial charge in [-0.15, -0.1) is 0 Å². The second-order valence-corrected chi connectivity index (χ2v) is 8.73. The highest BCUT2D eigenvalue weighted by molar-refractivity contribution is 5.66. The Hall–Kier alpha value is -2.18. The number of esters is 1. The molecule has 0 unspecified atom stereocenters. The van der Waals surface area contributed by atoms with Gasteiger partial charge < -0.3 is 19.7 Å². The van der Waals surface area contributed by atoms with Crippen molar-refractivity contribution in [2.45, 2.75) is 83.0 Å². The summed E-state index contributed by atoms with van der Waals surface area (Å²) < 4.78 is 11.2. The molecule has 1 aliphatic carbocycles. The van der Waals surface area contributed by atoms with Gasteiger partial charge in [0.15, 0.2) is 0 Å². The molecule has 0 aromatic heterocycles. The van der Waals surface area contributed by atoms with Crippen molar-refractivity contribution in [1.82, 2.24) is 0 Å². The third-order valence-electron chi connectivity index (χ3n) is 6.40. The zero-order chi connectivity index (χ0) is 23.3. The van der Waals surface area contributed by atoms with Crippen LogP contribution in [0.4, 0.5) is 0 Å². The summed E-state index contributed by atoms with van der Waals surface area (Å²) >= 11 is 0. The molecule has 1 aromatic rings. The first-order valence-corrected chi connectivity index (χ1v) is 11.7. The number of ether oxygens (including phenoxy) is 2. The van der Waals surface area contributed by atoms with Gasteiger partial charge in [-0.05, 0) is 56.4 Å². The largest absolute Gasteiger partial charge is 0.481 e. The maximum atomic E-state index is 11.6. The van der Waals surface area contributed by atoms with Crippen molar-refractivity contribution in [1.29, 1.82) is 0 Å². The molecule has 0 radical (unpaired) electrons. The number of rotatable bonds is 14. The van der Waals surface area contributed by atoms with Gasteiger partial charge in [-0.1, -0.05) is 42.5 Å². The summed E-state index contributed by atoms with van der Waals surface area (Å²) in [6.45, 7) is 1.41. The van der Waals surface area contributed by atoms with Crippen molar-refractivity contribution in [3.05, 3.63) is 48.0 Å². The molecule has 1 saturated carbocycles. The Morgan fingerprint density at radius 2 is 1.91 bits per heavy atom. The summed E-state index contributed by atoms with van der Waals surface area (Å²) in [7, 11) is 1.74. The van der Waals surface area contributed by atoms with Crippen molar-refractivity contribution in [2.24, 2.45) is 11.8 Å². The minimum absolute atomic E-state index is 0.0393. The van der Waals surface area contributed by atoms with Crippen LogP contribution < -0.4 is 0 Å². The summed E-state index contributed by atoms with van der Waals surface area (Å²) in [6, 6.07) is 10.3. The monoisotopic (exact) mass is 446 g/mol. The standard InChI is InChI=1S/C26H38O6/c1-19(27)32-25-18-24(28)22(23(25)12-8-3-4-9-13-26(29)30)17-16-21(31-2)15-14-20-10-6-5-7-11-20/h3,5-8,10-11,21-25,28H,4,9,12-18H2,1-2H3,(H,29,30)/b8-3-/t21-,22+,23+,24+,25-/m0/s1. The first-order valence-electron chi connectivity index (χ1n) is 11.7. The van der Waals surface area contributed by atoms with Crippen LogP contribution in [0.25, 0.3) is 0 Å². The van der Waals surface area contributed by atoms with E-state index in [1.165, 1.54) is 12.5 Å². The highest BCUT2D eigenvalue weighted by atomic mass is 16.5. The van der Waals surface area contributed by atoms with Gasteiger partial charge in [0.1, 0.15) is 6.10 Å². The SMILES string of the molecule is CO[C@@H](CCc1ccccc1)CC[C@@H]1[C@@H](C/C=C\CCCC(=O)O)[C@@H](OC(C)=O)C[C@H]1O. The van der Waals surface area contributed by atoms with Crippen LogP contribution in [0.5, 0.6) is 0 Å². The quantitative estimate of drug-likeness (QED) is 0.247. The Morgan fingerprint density at radius 3 is 2.56 bits per heavy atom. The lowest BCUT2D eigenvalue weighted by atomic mass is 9.85. The van der Waals surface area contributed by atoms with Gasteiger partial charge in [-0.3, -0.25) is 9.59 Å². The molecular formula is C26H38O6. The molecule has 1 aliphatic rings. The molecule has 0 heterocycles. The number of carboxylic acids is 1. The lowest BCUT2D eigenvalue weighted by Gasteiger charge is -2.26. The lowest BCUT2D eigenvalue weighted by molar-refractivity contribution is -0.148. The van der Waals surface area contributed by atoms with Gasteiger partial charge in [0.25, 0.3) is 0 Å². The number of unbranched alkanes of at least 4 members (excludes halogenated alkanes) is 1. The van der Waals surface area contributed by atoms with Gasteiger partial charge >= 0.3 is 11.9 Å². The number of carbonyl (C=O) groups excluding carboxylic acids is 1. The normalized spacial score (nSPS) is 24.0. The van der Waals surface area contributed by atoms with Crippen molar-refractivity contribution < 1.29 is 29.3 Å². The van der Waals surface area contributed by atoms with Gasteiger partial charge in [0.2, 0.25) is 0 Å². The number of carbonyl (C=O) groups is 2. The van der Waals surface area contributed by atoms with E-state index in [0.717, 1.165) is 25.7 Å². The van der Waals surface area contributed by atoms with Crippen molar-refractivity contribution >= 4 is 11.9 Å². The van der Waals surface area contributed by atoms with Crippen molar-refractivity contribution in [3.8, 4) is 0 Å². The van der Waals surface area contributed by atoms with E-state index >= 15 is 0 Å². The average molecular weight is 447 g/mol. The first-order chi connectivity index (χ1) is 15.4. The zero-order valence-electron chi connectivity index (χ0n) is 19.3. The fourth-order valence-electron chi connectivity index (χ4n) is 4.70. The maximum Gasteiger partial charge on any atom is 0.303 e. The smallest absolute Gasteiger partial charge is 0.303 e. The molecule has 1 fully saturated rings. The molecule has 0 amide bonds. The molecule has 6 nitrogen and oxygen atoms in total. The van der Waals surface area contributed by atoms with Crippen LogP contribution in [0, 0.1) is 11.8 Å². The molecule has 2 rings (SSSR count). The number of carboxylic acid groups (broad SMARTS) is 1. The second-order valence-electron chi connectivity index (χ2n) is 8.73. The Kier molecular flexibility index (Phi) is 11.5. The fraction of sp³-hybridized carbons (Fsp3) is 0.615. The minimum atomic E-state index is -0.785. The molecule has 0 aliphatic heterocycles. The van der Waals surface area contributed by atoms with Crippen LogP contribution in [0.15, 0.2) is 42.5 Å². The topological polar surface area (TPSA) is 93.1 Å². The van der Waals surface area contributed by atoms with E-state index in [4.69, 9.17) is 14.6 Å². The van der Waals surface area contributed by atoms with E-state index in [1.54, 1.807) is 7.11 Å². The van der Waals surface area contributed by atoms with Crippen LogP contribution >= 0.6 is 0 Å². The van der Waals surface area contributed by atoms with Crippen LogP contribution in [-0.2, 0) is 25.5 Å². The molecule has 6 heteroatoms. The van der Waals surface area contributed by atoms with Crippen LogP contribution in [0.2, 0.25) is 0 Å². The predicted octanol–water partition coefficient (Wildman–Crippen LogP) is 4.54. The zero-order valence-corrected chi connectivity index (χ0v) is 19.3. The summed E-state index contributed by atoms with van der Waals surface area (Å²) in [5, 5.41) is 19.5. The number of benzene rings is 1. The number of allylic oxidation sites excluding steroid dienone is 2. The first kappa shape index (κ1) is 26.1. The van der Waals surface area contributed by atoms with E-state index in [0.29, 0.717) is 25.7 Å². The van der Waals surface area contributed by atoms with E-state index in [2.05, 4.69) is 12.1 Å². The second kappa shape index (κ2) is 14.1. The van der Waals surface area contributed by atoms with E-state index in [9.17, 15) is 14.7 Å². The van der Waals surface area contributed by atoms with Crippen LogP contribution in [0.1, 0.15) is 63.9 Å². The Bertz CT molecular complexity index is 716. The van der Waals surface area contributed by atoms with Gasteiger partial charge in [-0.25, -0.2) is 0 Å². The molecule has 178 valence electrons. The molecule has 2 N–H and O–H groups in total. The molecule has 5 atom stereocenters. The number of aryl methyl sites for hydroxylation is 1. The number of methoxy groups -OCH3 is 1. The van der Waals surface area contributed by atoms with Crippen LogP contribution in [0.3, 0.4) is 0 Å².